The topological polar surface area (TPSA) is 61.5 Å². The van der Waals surface area contributed by atoms with Gasteiger partial charge in [-0.1, -0.05) is 0 Å². The van der Waals surface area contributed by atoms with Crippen LogP contribution in [0, 0.1) is 6.92 Å². The highest BCUT2D eigenvalue weighted by Crippen LogP contribution is 2.27. The Morgan fingerprint density at radius 2 is 2.11 bits per heavy atom. The van der Waals surface area contributed by atoms with E-state index in [0.29, 0.717) is 5.56 Å². The minimum Gasteiger partial charge on any atom is -0.466 e. The lowest BCUT2D eigenvalue weighted by molar-refractivity contribution is -0.142. The second kappa shape index (κ2) is 6.18. The number of carbonyl (C=O) groups excluding carboxylic acids is 1. The maximum atomic E-state index is 12.1. The molecule has 0 heterocycles. The fourth-order valence-corrected chi connectivity index (χ4v) is 1.51. The molecule has 0 saturated heterocycles. The van der Waals surface area contributed by atoms with Gasteiger partial charge in [0.15, 0.2) is 0 Å². The van der Waals surface area contributed by atoms with Crippen LogP contribution in [0.3, 0.4) is 0 Å². The molecule has 0 bridgehead atoms. The Kier molecular flexibility index (Phi) is 4.88. The van der Waals surface area contributed by atoms with Crippen LogP contribution in [0.15, 0.2) is 12.1 Å². The Morgan fingerprint density at radius 1 is 1.44 bits per heavy atom. The SMILES string of the molecule is CCOC(=O)Cc1cc(OC(F)F)c(N)cc1C. The number of anilines is 1. The average Bonchev–Trinajstić information content (AvgIpc) is 2.24. The zero-order valence-corrected chi connectivity index (χ0v) is 10.2. The van der Waals surface area contributed by atoms with Gasteiger partial charge in [-0.05, 0) is 37.1 Å². The molecule has 0 aliphatic heterocycles. The van der Waals surface area contributed by atoms with E-state index >= 15 is 0 Å². The Morgan fingerprint density at radius 3 is 2.67 bits per heavy atom. The molecule has 0 aliphatic rings. The number of hydrogen-bond acceptors (Lipinski definition) is 4. The quantitative estimate of drug-likeness (QED) is 0.651. The van der Waals surface area contributed by atoms with Gasteiger partial charge in [0.05, 0.1) is 18.7 Å². The minimum absolute atomic E-state index is 0.000445. The van der Waals surface area contributed by atoms with E-state index in [2.05, 4.69) is 4.74 Å². The van der Waals surface area contributed by atoms with E-state index in [0.717, 1.165) is 5.56 Å². The number of nitrogen functional groups attached to an aromatic ring is 1. The molecule has 1 aromatic rings. The van der Waals surface area contributed by atoms with E-state index in [1.165, 1.54) is 12.1 Å². The van der Waals surface area contributed by atoms with Crippen molar-refractivity contribution in [3.8, 4) is 5.75 Å². The van der Waals surface area contributed by atoms with E-state index in [9.17, 15) is 13.6 Å². The summed E-state index contributed by atoms with van der Waals surface area (Å²) in [4.78, 5) is 11.3. The van der Waals surface area contributed by atoms with Gasteiger partial charge in [-0.25, -0.2) is 0 Å². The molecule has 0 fully saturated rings. The molecule has 1 rings (SSSR count). The molecule has 6 heteroatoms. The maximum Gasteiger partial charge on any atom is 0.387 e. The Balaban J connectivity index is 2.94. The third-order valence-corrected chi connectivity index (χ3v) is 2.32. The van der Waals surface area contributed by atoms with Crippen molar-refractivity contribution in [2.45, 2.75) is 26.9 Å². The number of ether oxygens (including phenoxy) is 2. The first kappa shape index (κ1) is 14.2. The summed E-state index contributed by atoms with van der Waals surface area (Å²) >= 11 is 0. The summed E-state index contributed by atoms with van der Waals surface area (Å²) in [6.45, 7) is 0.745. The standard InChI is InChI=1S/C12H15F2NO3/c1-3-17-11(16)6-8-5-10(18-12(13)14)9(15)4-7(8)2/h4-5,12H,3,6,15H2,1-2H3. The van der Waals surface area contributed by atoms with E-state index in [4.69, 9.17) is 10.5 Å². The number of hydrogen-bond donors (Lipinski definition) is 1. The third kappa shape index (κ3) is 3.87. The van der Waals surface area contributed by atoms with Crippen molar-refractivity contribution in [1.29, 1.82) is 0 Å². The number of nitrogens with two attached hydrogens (primary N) is 1. The molecular weight excluding hydrogens is 244 g/mol. The first-order valence-electron chi connectivity index (χ1n) is 5.43. The summed E-state index contributed by atoms with van der Waals surface area (Å²) in [5.74, 6) is -0.553. The Hall–Kier alpha value is -1.85. The molecule has 0 aromatic heterocycles. The minimum atomic E-state index is -2.95. The fraction of sp³-hybridized carbons (Fsp3) is 0.417. The van der Waals surface area contributed by atoms with Crippen molar-refractivity contribution in [3.63, 3.8) is 0 Å². The van der Waals surface area contributed by atoms with Crippen molar-refractivity contribution < 1.29 is 23.0 Å². The molecule has 4 nitrogen and oxygen atoms in total. The fourth-order valence-electron chi connectivity index (χ4n) is 1.51. The van der Waals surface area contributed by atoms with Crippen molar-refractivity contribution in [2.75, 3.05) is 12.3 Å². The lowest BCUT2D eigenvalue weighted by atomic mass is 10.0. The summed E-state index contributed by atoms with van der Waals surface area (Å²) in [5, 5.41) is 0. The number of esters is 1. The molecule has 0 atom stereocenters. The van der Waals surface area contributed by atoms with Gasteiger partial charge in [0.1, 0.15) is 5.75 Å². The number of benzene rings is 1. The average molecular weight is 259 g/mol. The van der Waals surface area contributed by atoms with E-state index in [1.54, 1.807) is 13.8 Å². The lowest BCUT2D eigenvalue weighted by Gasteiger charge is -2.12. The molecule has 2 N–H and O–H groups in total. The number of carbonyl (C=O) groups is 1. The highest BCUT2D eigenvalue weighted by Gasteiger charge is 2.13. The van der Waals surface area contributed by atoms with Gasteiger partial charge in [-0.15, -0.1) is 0 Å². The Bertz CT molecular complexity index is 436. The van der Waals surface area contributed by atoms with Crippen LogP contribution in [0.4, 0.5) is 14.5 Å². The van der Waals surface area contributed by atoms with Gasteiger partial charge >= 0.3 is 12.6 Å². The van der Waals surface area contributed by atoms with Gasteiger partial charge in [0.2, 0.25) is 0 Å². The zero-order valence-electron chi connectivity index (χ0n) is 10.2. The summed E-state index contributed by atoms with van der Waals surface area (Å²) in [6, 6.07) is 2.83. The number of halogens is 2. The summed E-state index contributed by atoms with van der Waals surface area (Å²) in [5.41, 5.74) is 6.94. The monoisotopic (exact) mass is 259 g/mol. The summed E-state index contributed by atoms with van der Waals surface area (Å²) in [6.07, 6.45) is -0.000445. The molecule has 100 valence electrons. The summed E-state index contributed by atoms with van der Waals surface area (Å²) in [7, 11) is 0. The van der Waals surface area contributed by atoms with E-state index in [-0.39, 0.29) is 24.5 Å². The van der Waals surface area contributed by atoms with Crippen LogP contribution in [0.25, 0.3) is 0 Å². The van der Waals surface area contributed by atoms with Crippen LogP contribution in [-0.2, 0) is 16.0 Å². The van der Waals surface area contributed by atoms with Crippen molar-refractivity contribution >= 4 is 11.7 Å². The van der Waals surface area contributed by atoms with Gasteiger partial charge in [0.25, 0.3) is 0 Å². The molecular formula is C12H15F2NO3. The molecule has 0 saturated carbocycles. The molecule has 0 radical (unpaired) electrons. The van der Waals surface area contributed by atoms with Gasteiger partial charge < -0.3 is 15.2 Å². The van der Waals surface area contributed by atoms with E-state index < -0.39 is 12.6 Å². The largest absolute Gasteiger partial charge is 0.466 e. The van der Waals surface area contributed by atoms with Gasteiger partial charge in [-0.3, -0.25) is 4.79 Å². The van der Waals surface area contributed by atoms with Crippen LogP contribution in [0.5, 0.6) is 5.75 Å². The molecule has 0 spiro atoms. The third-order valence-electron chi connectivity index (χ3n) is 2.32. The van der Waals surface area contributed by atoms with Gasteiger partial charge in [0, 0.05) is 0 Å². The van der Waals surface area contributed by atoms with Crippen molar-refractivity contribution in [1.82, 2.24) is 0 Å². The van der Waals surface area contributed by atoms with E-state index in [1.807, 2.05) is 0 Å². The van der Waals surface area contributed by atoms with Crippen LogP contribution in [0.1, 0.15) is 18.1 Å². The van der Waals surface area contributed by atoms with Crippen LogP contribution in [0.2, 0.25) is 0 Å². The van der Waals surface area contributed by atoms with Crippen molar-refractivity contribution in [2.24, 2.45) is 0 Å². The number of alkyl halides is 2. The molecule has 0 unspecified atom stereocenters. The molecule has 0 amide bonds. The smallest absolute Gasteiger partial charge is 0.387 e. The zero-order chi connectivity index (χ0) is 13.7. The lowest BCUT2D eigenvalue weighted by Crippen LogP contribution is -2.10. The van der Waals surface area contributed by atoms with Crippen LogP contribution in [-0.4, -0.2) is 19.2 Å². The second-order valence-electron chi connectivity index (χ2n) is 3.68. The maximum absolute atomic E-state index is 12.1. The summed E-state index contributed by atoms with van der Waals surface area (Å²) < 4.78 is 33.4. The number of aryl methyl sites for hydroxylation is 1. The van der Waals surface area contributed by atoms with Crippen LogP contribution < -0.4 is 10.5 Å². The highest BCUT2D eigenvalue weighted by atomic mass is 19.3. The first-order chi connectivity index (χ1) is 8.43. The van der Waals surface area contributed by atoms with Gasteiger partial charge in [-0.2, -0.15) is 8.78 Å². The Labute approximate surface area is 104 Å². The predicted octanol–water partition coefficient (Wildman–Crippen LogP) is 2.28. The predicted molar refractivity (Wildman–Crippen MR) is 62.6 cm³/mol. The molecule has 18 heavy (non-hydrogen) atoms. The first-order valence-corrected chi connectivity index (χ1v) is 5.43. The highest BCUT2D eigenvalue weighted by molar-refractivity contribution is 5.74. The normalized spacial score (nSPS) is 10.5. The molecule has 1 aromatic carbocycles. The van der Waals surface area contributed by atoms with Crippen LogP contribution >= 0.6 is 0 Å². The molecule has 0 aliphatic carbocycles. The second-order valence-corrected chi connectivity index (χ2v) is 3.68. The number of rotatable bonds is 5. The van der Waals surface area contributed by atoms with Crippen molar-refractivity contribution in [3.05, 3.63) is 23.3 Å².